The van der Waals surface area contributed by atoms with Gasteiger partial charge in [-0.3, -0.25) is 0 Å². The second kappa shape index (κ2) is 16.9. The molecule has 0 fully saturated rings. The molecule has 2 heteroatoms. The standard InChI is InChI=1S/C72H46N2/c1-5-17-47(18-6-1)51-25-13-29-55(41-51)57-33-37-65-63(45-57)69-61(59-31-15-27-53(43-59)49-21-9-3-10-22-49)35-39-67-71(69)73(65)68-40-36-62(60-32-16-28-54(44-60)50-23-11-4-12-24-50)70-64-46-58(34-38-66(64)74(67)72(68)70)56-30-14-26-52(42-56)48-19-7-2-8-20-48/h1-46H. The fourth-order valence-electron chi connectivity index (χ4n) is 12.0. The molecule has 0 atom stereocenters. The summed E-state index contributed by atoms with van der Waals surface area (Å²) >= 11 is 0. The van der Waals surface area contributed by atoms with E-state index < -0.39 is 0 Å². The SMILES string of the molecule is c1ccc(-c2cccc(-c3ccc4c(c3)c3c(-c5cccc(-c6ccccc6)c5)ccc5c3n4c3ccc(-c4cccc(-c6ccccc6)c4)c4c6cc(-c7cccc(-c8ccccc8)c7)ccc6n5c43)c2)cc1. The molecular weight excluding hydrogens is 893 g/mol. The van der Waals surface area contributed by atoms with Gasteiger partial charge in [0.25, 0.3) is 0 Å². The summed E-state index contributed by atoms with van der Waals surface area (Å²) < 4.78 is 5.15. The second-order valence-corrected chi connectivity index (χ2v) is 19.6. The van der Waals surface area contributed by atoms with E-state index in [0.717, 1.165) is 0 Å². The van der Waals surface area contributed by atoms with Gasteiger partial charge in [-0.05, 0) is 150 Å². The van der Waals surface area contributed by atoms with Crippen molar-refractivity contribution >= 4 is 54.6 Å². The van der Waals surface area contributed by atoms with Gasteiger partial charge in [0.2, 0.25) is 0 Å². The van der Waals surface area contributed by atoms with Gasteiger partial charge in [-0.1, -0.05) is 218 Å². The monoisotopic (exact) mass is 938 g/mol. The summed E-state index contributed by atoms with van der Waals surface area (Å²) in [5, 5.41) is 4.96. The average Bonchev–Trinajstić information content (AvgIpc) is 4.04. The third-order valence-electron chi connectivity index (χ3n) is 15.4. The van der Waals surface area contributed by atoms with E-state index in [4.69, 9.17) is 0 Å². The Labute approximate surface area is 429 Å². The molecule has 0 unspecified atom stereocenters. The van der Waals surface area contributed by atoms with E-state index in [1.807, 2.05) is 0 Å². The smallest absolute Gasteiger partial charge is 0.0789 e. The molecule has 0 aliphatic rings. The number of hydrogen-bond acceptors (Lipinski definition) is 0. The van der Waals surface area contributed by atoms with Crippen LogP contribution in [0.25, 0.3) is 144 Å². The molecule has 0 radical (unpaired) electrons. The third kappa shape index (κ3) is 6.73. The Balaban J connectivity index is 1.04. The van der Waals surface area contributed by atoms with Gasteiger partial charge in [0.05, 0.1) is 33.1 Å². The molecule has 0 saturated carbocycles. The summed E-state index contributed by atoms with van der Waals surface area (Å²) in [4.78, 5) is 0. The number of hydrogen-bond donors (Lipinski definition) is 0. The molecule has 0 saturated heterocycles. The van der Waals surface area contributed by atoms with Crippen LogP contribution in [-0.4, -0.2) is 8.80 Å². The largest absolute Gasteiger partial charge is 0.305 e. The van der Waals surface area contributed by atoms with Crippen LogP contribution in [-0.2, 0) is 0 Å². The number of fused-ring (bicyclic) bond motifs is 8. The molecule has 344 valence electrons. The van der Waals surface area contributed by atoms with Crippen LogP contribution >= 0.6 is 0 Å². The van der Waals surface area contributed by atoms with E-state index in [1.165, 1.54) is 144 Å². The lowest BCUT2D eigenvalue weighted by Crippen LogP contribution is -1.98. The van der Waals surface area contributed by atoms with Crippen LogP contribution in [0.5, 0.6) is 0 Å². The van der Waals surface area contributed by atoms with Gasteiger partial charge < -0.3 is 8.80 Å². The maximum atomic E-state index is 2.57. The molecule has 2 nitrogen and oxygen atoms in total. The van der Waals surface area contributed by atoms with Crippen molar-refractivity contribution in [3.05, 3.63) is 279 Å². The summed E-state index contributed by atoms with van der Waals surface area (Å²) in [5.41, 5.74) is 26.4. The van der Waals surface area contributed by atoms with Crippen molar-refractivity contribution in [1.82, 2.24) is 8.80 Å². The van der Waals surface area contributed by atoms with Gasteiger partial charge >= 0.3 is 0 Å². The summed E-state index contributed by atoms with van der Waals surface area (Å²) in [6.45, 7) is 0. The molecule has 15 rings (SSSR count). The van der Waals surface area contributed by atoms with Crippen molar-refractivity contribution in [3.63, 3.8) is 0 Å². The number of rotatable bonds is 8. The lowest BCUT2D eigenvalue weighted by molar-refractivity contribution is 1.26. The number of aromatic nitrogens is 2. The summed E-state index contributed by atoms with van der Waals surface area (Å²) in [7, 11) is 0. The minimum Gasteiger partial charge on any atom is -0.305 e. The fraction of sp³-hybridized carbons (Fsp3) is 0. The number of benzene rings is 12. The average molecular weight is 939 g/mol. The molecule has 74 heavy (non-hydrogen) atoms. The van der Waals surface area contributed by atoms with Gasteiger partial charge in [-0.2, -0.15) is 0 Å². The van der Waals surface area contributed by atoms with Crippen LogP contribution in [0.3, 0.4) is 0 Å². The van der Waals surface area contributed by atoms with Crippen molar-refractivity contribution in [2.24, 2.45) is 0 Å². The summed E-state index contributed by atoms with van der Waals surface area (Å²) in [6.07, 6.45) is 0. The van der Waals surface area contributed by atoms with E-state index in [0.29, 0.717) is 0 Å². The van der Waals surface area contributed by atoms with E-state index in [-0.39, 0.29) is 0 Å². The van der Waals surface area contributed by atoms with Crippen LogP contribution in [0.1, 0.15) is 0 Å². The van der Waals surface area contributed by atoms with Gasteiger partial charge in [-0.25, -0.2) is 0 Å². The molecule has 0 N–H and O–H groups in total. The van der Waals surface area contributed by atoms with E-state index in [1.54, 1.807) is 0 Å². The quantitative estimate of drug-likeness (QED) is 0.134. The summed E-state index contributed by atoms with van der Waals surface area (Å²) in [5.74, 6) is 0. The van der Waals surface area contributed by atoms with Crippen molar-refractivity contribution in [2.75, 3.05) is 0 Å². The van der Waals surface area contributed by atoms with Gasteiger partial charge in [0, 0.05) is 21.5 Å². The van der Waals surface area contributed by atoms with Crippen LogP contribution in [0, 0.1) is 0 Å². The molecule has 0 amide bonds. The molecule has 3 heterocycles. The van der Waals surface area contributed by atoms with Crippen molar-refractivity contribution in [1.29, 1.82) is 0 Å². The third-order valence-corrected chi connectivity index (χ3v) is 15.4. The lowest BCUT2D eigenvalue weighted by atomic mass is 9.94. The van der Waals surface area contributed by atoms with Crippen molar-refractivity contribution in [3.8, 4) is 89.0 Å². The Morgan fingerprint density at radius 3 is 0.770 bits per heavy atom. The molecule has 3 aromatic heterocycles. The maximum Gasteiger partial charge on any atom is 0.0789 e. The maximum absolute atomic E-state index is 2.57. The topological polar surface area (TPSA) is 8.82 Å². The minimum absolute atomic E-state index is 1.17. The number of nitrogens with zero attached hydrogens (tertiary/aromatic N) is 2. The Morgan fingerprint density at radius 1 is 0.176 bits per heavy atom. The van der Waals surface area contributed by atoms with Crippen LogP contribution in [0.2, 0.25) is 0 Å². The Kier molecular flexibility index (Phi) is 9.61. The van der Waals surface area contributed by atoms with E-state index in [9.17, 15) is 0 Å². The first-order chi connectivity index (χ1) is 36.7. The Morgan fingerprint density at radius 2 is 0.432 bits per heavy atom. The zero-order valence-electron chi connectivity index (χ0n) is 40.5. The zero-order chi connectivity index (χ0) is 48.7. The molecule has 0 aliphatic carbocycles. The first-order valence-electron chi connectivity index (χ1n) is 25.6. The normalized spacial score (nSPS) is 11.8. The van der Waals surface area contributed by atoms with E-state index in [2.05, 4.69) is 288 Å². The molecule has 15 aromatic rings. The highest BCUT2D eigenvalue weighted by atomic mass is 15.0. The van der Waals surface area contributed by atoms with Crippen LogP contribution in [0.15, 0.2) is 279 Å². The van der Waals surface area contributed by atoms with Gasteiger partial charge in [0.15, 0.2) is 0 Å². The zero-order valence-corrected chi connectivity index (χ0v) is 40.5. The second-order valence-electron chi connectivity index (χ2n) is 19.6. The molecule has 12 aromatic carbocycles. The van der Waals surface area contributed by atoms with Crippen molar-refractivity contribution < 1.29 is 0 Å². The highest BCUT2D eigenvalue weighted by Gasteiger charge is 2.26. The molecule has 0 spiro atoms. The van der Waals surface area contributed by atoms with Crippen LogP contribution in [0.4, 0.5) is 0 Å². The Bertz CT molecular complexity index is 4320. The van der Waals surface area contributed by atoms with Crippen molar-refractivity contribution in [2.45, 2.75) is 0 Å². The Hall–Kier alpha value is -9.76. The minimum atomic E-state index is 1.17. The molecular formula is C72H46N2. The molecule has 0 aliphatic heterocycles. The lowest BCUT2D eigenvalue weighted by Gasteiger charge is -2.15. The summed E-state index contributed by atoms with van der Waals surface area (Å²) in [6, 6.07) is 103. The van der Waals surface area contributed by atoms with Gasteiger partial charge in [0.1, 0.15) is 0 Å². The molecule has 0 bridgehead atoms. The first kappa shape index (κ1) is 42.0. The van der Waals surface area contributed by atoms with Crippen LogP contribution < -0.4 is 0 Å². The highest BCUT2D eigenvalue weighted by molar-refractivity contribution is 6.27. The predicted octanol–water partition coefficient (Wildman–Crippen LogP) is 19.6. The predicted molar refractivity (Wildman–Crippen MR) is 313 cm³/mol. The highest BCUT2D eigenvalue weighted by Crippen LogP contribution is 2.48. The fourth-order valence-corrected chi connectivity index (χ4v) is 12.0. The first-order valence-corrected chi connectivity index (χ1v) is 25.6. The van der Waals surface area contributed by atoms with E-state index >= 15 is 0 Å². The van der Waals surface area contributed by atoms with Gasteiger partial charge in [-0.15, -0.1) is 0 Å².